The molecule has 0 aromatic heterocycles. The summed E-state index contributed by atoms with van der Waals surface area (Å²) in [4.78, 5) is 19.4. The van der Waals surface area contributed by atoms with Crippen LogP contribution in [0.25, 0.3) is 0 Å². The largest absolute Gasteiger partial charge is 0.300 e. The van der Waals surface area contributed by atoms with E-state index in [0.29, 0.717) is 5.78 Å². The lowest BCUT2D eigenvalue weighted by Gasteiger charge is -2.05. The first-order chi connectivity index (χ1) is 5.89. The molecule has 3 heteroatoms. The van der Waals surface area contributed by atoms with Crippen LogP contribution in [0.4, 0.5) is 0 Å². The van der Waals surface area contributed by atoms with Crippen molar-refractivity contribution in [2.45, 2.75) is 38.5 Å². The summed E-state index contributed by atoms with van der Waals surface area (Å²) in [5, 5.41) is 0. The summed E-state index contributed by atoms with van der Waals surface area (Å²) < 4.78 is 0. The van der Waals surface area contributed by atoms with E-state index in [-0.39, 0.29) is 0 Å². The standard InChI is InChI=1S/C6H10O.C3H6O2/c7-6-4-2-1-3-5-6;1-2-4-5-3-1/h1-5H2;1-3H2. The third-order valence-corrected chi connectivity index (χ3v) is 1.95. The summed E-state index contributed by atoms with van der Waals surface area (Å²) in [5.41, 5.74) is 0. The number of carbonyl (C=O) groups is 1. The van der Waals surface area contributed by atoms with E-state index < -0.39 is 0 Å². The van der Waals surface area contributed by atoms with Crippen LogP contribution >= 0.6 is 0 Å². The molecule has 2 rings (SSSR count). The molecule has 1 heterocycles. The van der Waals surface area contributed by atoms with Crippen molar-refractivity contribution in [3.63, 3.8) is 0 Å². The van der Waals surface area contributed by atoms with Crippen molar-refractivity contribution < 1.29 is 14.6 Å². The molecule has 0 aromatic carbocycles. The van der Waals surface area contributed by atoms with E-state index in [4.69, 9.17) is 0 Å². The van der Waals surface area contributed by atoms with Crippen LogP contribution in [0.5, 0.6) is 0 Å². The molecule has 0 aromatic rings. The summed E-state index contributed by atoms with van der Waals surface area (Å²) in [7, 11) is 0. The van der Waals surface area contributed by atoms with Crippen molar-refractivity contribution in [2.75, 3.05) is 13.2 Å². The number of rotatable bonds is 0. The molecule has 3 nitrogen and oxygen atoms in total. The summed E-state index contributed by atoms with van der Waals surface area (Å²) in [6.45, 7) is 1.56. The molecule has 0 radical (unpaired) electrons. The van der Waals surface area contributed by atoms with Gasteiger partial charge in [-0.1, -0.05) is 6.42 Å². The Bertz CT molecular complexity index is 114. The molecule has 0 N–H and O–H groups in total. The molecule has 0 amide bonds. The predicted molar refractivity (Wildman–Crippen MR) is 44.6 cm³/mol. The molecule has 0 unspecified atom stereocenters. The van der Waals surface area contributed by atoms with Gasteiger partial charge >= 0.3 is 0 Å². The van der Waals surface area contributed by atoms with Gasteiger partial charge in [-0.3, -0.25) is 4.79 Å². The minimum Gasteiger partial charge on any atom is -0.300 e. The van der Waals surface area contributed by atoms with E-state index in [9.17, 15) is 4.79 Å². The van der Waals surface area contributed by atoms with Crippen molar-refractivity contribution >= 4 is 5.78 Å². The molecule has 1 aliphatic carbocycles. The SMILES string of the molecule is C1COOC1.O=C1CCCCC1. The highest BCUT2D eigenvalue weighted by Crippen LogP contribution is 2.12. The molecule has 0 bridgehead atoms. The third-order valence-electron chi connectivity index (χ3n) is 1.95. The molecule has 70 valence electrons. The molecule has 1 aliphatic heterocycles. The van der Waals surface area contributed by atoms with Crippen molar-refractivity contribution in [1.29, 1.82) is 0 Å². The molecular formula is C9H16O3. The van der Waals surface area contributed by atoms with Crippen molar-refractivity contribution in [3.8, 4) is 0 Å². The number of carbonyl (C=O) groups excluding carboxylic acids is 1. The highest BCUT2D eigenvalue weighted by molar-refractivity contribution is 5.78. The average Bonchev–Trinajstić information content (AvgIpc) is 2.62. The van der Waals surface area contributed by atoms with Gasteiger partial charge in [-0.25, -0.2) is 9.78 Å². The highest BCUT2D eigenvalue weighted by atomic mass is 17.2. The van der Waals surface area contributed by atoms with E-state index in [1.165, 1.54) is 6.42 Å². The Labute approximate surface area is 73.0 Å². The number of Topliss-reactive ketones (excluding diaryl/α,β-unsaturated/α-hetero) is 1. The topological polar surface area (TPSA) is 35.5 Å². The molecular weight excluding hydrogens is 156 g/mol. The lowest BCUT2D eigenvalue weighted by atomic mass is 10.00. The van der Waals surface area contributed by atoms with Gasteiger partial charge in [0.2, 0.25) is 0 Å². The zero-order chi connectivity index (χ0) is 8.65. The number of ketones is 1. The summed E-state index contributed by atoms with van der Waals surface area (Å²) in [6, 6.07) is 0. The fraction of sp³-hybridized carbons (Fsp3) is 0.889. The van der Waals surface area contributed by atoms with E-state index in [2.05, 4.69) is 9.78 Å². The van der Waals surface area contributed by atoms with Gasteiger partial charge in [0.1, 0.15) is 5.78 Å². The summed E-state index contributed by atoms with van der Waals surface area (Å²) in [6.07, 6.45) is 6.30. The number of hydrogen-bond donors (Lipinski definition) is 0. The molecule has 1 saturated carbocycles. The lowest BCUT2D eigenvalue weighted by molar-refractivity contribution is -0.248. The molecule has 2 fully saturated rings. The van der Waals surface area contributed by atoms with Crippen LogP contribution in [-0.4, -0.2) is 19.0 Å². The molecule has 0 spiro atoms. The Balaban J connectivity index is 0.000000127. The first-order valence-corrected chi connectivity index (χ1v) is 4.66. The Hall–Kier alpha value is -0.410. The highest BCUT2D eigenvalue weighted by Gasteiger charge is 2.05. The fourth-order valence-electron chi connectivity index (χ4n) is 1.24. The van der Waals surface area contributed by atoms with E-state index >= 15 is 0 Å². The van der Waals surface area contributed by atoms with Gasteiger partial charge in [0, 0.05) is 19.3 Å². The van der Waals surface area contributed by atoms with Crippen LogP contribution < -0.4 is 0 Å². The maximum Gasteiger partial charge on any atom is 0.132 e. The van der Waals surface area contributed by atoms with Crippen molar-refractivity contribution in [3.05, 3.63) is 0 Å². The van der Waals surface area contributed by atoms with Crippen LogP contribution in [0.1, 0.15) is 38.5 Å². The maximum atomic E-state index is 10.5. The van der Waals surface area contributed by atoms with E-state index in [1.807, 2.05) is 0 Å². The van der Waals surface area contributed by atoms with Gasteiger partial charge in [0.15, 0.2) is 0 Å². The average molecular weight is 172 g/mol. The second kappa shape index (κ2) is 6.14. The predicted octanol–water partition coefficient (Wildman–Crippen LogP) is 1.86. The van der Waals surface area contributed by atoms with E-state index in [0.717, 1.165) is 45.3 Å². The Morgan fingerprint density at radius 3 is 1.67 bits per heavy atom. The molecule has 2 aliphatic rings. The van der Waals surface area contributed by atoms with Crippen LogP contribution in [-0.2, 0) is 14.6 Å². The van der Waals surface area contributed by atoms with Gasteiger partial charge in [0.05, 0.1) is 13.2 Å². The minimum absolute atomic E-state index is 0.464. The van der Waals surface area contributed by atoms with Crippen LogP contribution in [0.3, 0.4) is 0 Å². The lowest BCUT2D eigenvalue weighted by Crippen LogP contribution is -2.02. The number of hydrogen-bond acceptors (Lipinski definition) is 3. The second-order valence-electron chi connectivity index (χ2n) is 3.10. The van der Waals surface area contributed by atoms with Gasteiger partial charge in [-0.15, -0.1) is 0 Å². The van der Waals surface area contributed by atoms with Crippen molar-refractivity contribution in [2.24, 2.45) is 0 Å². The first-order valence-electron chi connectivity index (χ1n) is 4.66. The van der Waals surface area contributed by atoms with E-state index in [1.54, 1.807) is 0 Å². The zero-order valence-corrected chi connectivity index (χ0v) is 7.38. The monoisotopic (exact) mass is 172 g/mol. The smallest absolute Gasteiger partial charge is 0.132 e. The molecule has 0 atom stereocenters. The maximum absolute atomic E-state index is 10.5. The molecule has 12 heavy (non-hydrogen) atoms. The van der Waals surface area contributed by atoms with Crippen LogP contribution in [0.2, 0.25) is 0 Å². The Morgan fingerprint density at radius 2 is 1.42 bits per heavy atom. The zero-order valence-electron chi connectivity index (χ0n) is 7.38. The molecule has 1 saturated heterocycles. The normalized spacial score (nSPS) is 23.2. The fourth-order valence-corrected chi connectivity index (χ4v) is 1.24. The quantitative estimate of drug-likeness (QED) is 0.523. The van der Waals surface area contributed by atoms with Gasteiger partial charge in [-0.05, 0) is 12.8 Å². The van der Waals surface area contributed by atoms with Crippen LogP contribution in [0, 0.1) is 0 Å². The minimum atomic E-state index is 0.464. The third kappa shape index (κ3) is 4.46. The van der Waals surface area contributed by atoms with Gasteiger partial charge in [-0.2, -0.15) is 0 Å². The summed E-state index contributed by atoms with van der Waals surface area (Å²) >= 11 is 0. The Morgan fingerprint density at radius 1 is 0.833 bits per heavy atom. The van der Waals surface area contributed by atoms with Crippen LogP contribution in [0.15, 0.2) is 0 Å². The Kier molecular flexibility index (Phi) is 4.95. The first kappa shape index (κ1) is 9.68. The second-order valence-corrected chi connectivity index (χ2v) is 3.10. The van der Waals surface area contributed by atoms with Crippen molar-refractivity contribution in [1.82, 2.24) is 0 Å². The van der Waals surface area contributed by atoms with Gasteiger partial charge in [0.25, 0.3) is 0 Å². The summed E-state index contributed by atoms with van der Waals surface area (Å²) in [5.74, 6) is 0.464. The van der Waals surface area contributed by atoms with Gasteiger partial charge < -0.3 is 0 Å².